The van der Waals surface area contributed by atoms with E-state index in [9.17, 15) is 5.11 Å². The molecule has 0 radical (unpaired) electrons. The zero-order chi connectivity index (χ0) is 14.1. The maximum absolute atomic E-state index is 9.70. The van der Waals surface area contributed by atoms with Crippen LogP contribution in [-0.4, -0.2) is 23.1 Å². The number of nitrogens with zero attached hydrogens (tertiary/aromatic N) is 1. The zero-order valence-electron chi connectivity index (χ0n) is 11.6. The first-order valence-electron chi connectivity index (χ1n) is 6.00. The summed E-state index contributed by atoms with van der Waals surface area (Å²) < 4.78 is 1.45. The van der Waals surface area contributed by atoms with Crippen LogP contribution in [0.4, 0.5) is 0 Å². The molecule has 18 heavy (non-hydrogen) atoms. The van der Waals surface area contributed by atoms with Crippen LogP contribution >= 0.6 is 31.9 Å². The summed E-state index contributed by atoms with van der Waals surface area (Å²) in [5, 5.41) is 9.70. The Morgan fingerprint density at radius 1 is 1.22 bits per heavy atom. The van der Waals surface area contributed by atoms with Crippen molar-refractivity contribution in [1.82, 2.24) is 4.90 Å². The highest BCUT2D eigenvalue weighted by Crippen LogP contribution is 2.34. The molecule has 1 rings (SSSR count). The van der Waals surface area contributed by atoms with E-state index in [0.29, 0.717) is 6.04 Å². The van der Waals surface area contributed by atoms with E-state index < -0.39 is 0 Å². The third-order valence-corrected chi connectivity index (χ3v) is 4.63. The molecule has 102 valence electrons. The molecule has 1 atom stereocenters. The van der Waals surface area contributed by atoms with Crippen molar-refractivity contribution in [3.05, 3.63) is 26.6 Å². The van der Waals surface area contributed by atoms with Crippen molar-refractivity contribution in [2.75, 3.05) is 7.05 Å². The second-order valence-electron chi connectivity index (χ2n) is 5.87. The molecule has 0 heterocycles. The SMILES string of the molecule is CC(N(C)Cc1cc(Br)c(O)c(Br)c1)C(C)(C)C. The van der Waals surface area contributed by atoms with Crippen LogP contribution in [-0.2, 0) is 6.54 Å². The van der Waals surface area contributed by atoms with Gasteiger partial charge in [0.25, 0.3) is 0 Å². The lowest BCUT2D eigenvalue weighted by molar-refractivity contribution is 0.134. The predicted molar refractivity (Wildman–Crippen MR) is 83.9 cm³/mol. The van der Waals surface area contributed by atoms with Crippen LogP contribution in [0.1, 0.15) is 33.3 Å². The van der Waals surface area contributed by atoms with Gasteiger partial charge in [0.15, 0.2) is 0 Å². The zero-order valence-corrected chi connectivity index (χ0v) is 14.8. The van der Waals surface area contributed by atoms with Gasteiger partial charge in [0.05, 0.1) is 8.95 Å². The molecule has 0 aromatic heterocycles. The smallest absolute Gasteiger partial charge is 0.143 e. The van der Waals surface area contributed by atoms with E-state index in [1.807, 2.05) is 12.1 Å². The Morgan fingerprint density at radius 3 is 2.06 bits per heavy atom. The molecule has 0 aliphatic heterocycles. The number of halogens is 2. The molecule has 2 nitrogen and oxygen atoms in total. The topological polar surface area (TPSA) is 23.5 Å². The quantitative estimate of drug-likeness (QED) is 0.817. The maximum Gasteiger partial charge on any atom is 0.143 e. The fourth-order valence-electron chi connectivity index (χ4n) is 1.80. The molecular weight excluding hydrogens is 358 g/mol. The Hall–Kier alpha value is -0.0600. The van der Waals surface area contributed by atoms with E-state index >= 15 is 0 Å². The number of rotatable bonds is 3. The summed E-state index contributed by atoms with van der Waals surface area (Å²) in [4.78, 5) is 2.32. The first-order chi connectivity index (χ1) is 8.12. The van der Waals surface area contributed by atoms with Gasteiger partial charge < -0.3 is 5.11 Å². The lowest BCUT2D eigenvalue weighted by Gasteiger charge is -2.35. The minimum Gasteiger partial charge on any atom is -0.506 e. The van der Waals surface area contributed by atoms with E-state index in [0.717, 1.165) is 15.5 Å². The minimum atomic E-state index is 0.250. The second kappa shape index (κ2) is 5.93. The van der Waals surface area contributed by atoms with Gasteiger partial charge in [0, 0.05) is 12.6 Å². The van der Waals surface area contributed by atoms with Crippen molar-refractivity contribution in [1.29, 1.82) is 0 Å². The van der Waals surface area contributed by atoms with Crippen molar-refractivity contribution in [2.45, 2.75) is 40.3 Å². The molecule has 0 saturated carbocycles. The molecule has 4 heteroatoms. The van der Waals surface area contributed by atoms with E-state index in [1.165, 1.54) is 5.56 Å². The van der Waals surface area contributed by atoms with Crippen LogP contribution in [0.15, 0.2) is 21.1 Å². The second-order valence-corrected chi connectivity index (χ2v) is 7.57. The fraction of sp³-hybridized carbons (Fsp3) is 0.571. The van der Waals surface area contributed by atoms with Gasteiger partial charge in [-0.2, -0.15) is 0 Å². The minimum absolute atomic E-state index is 0.250. The number of hydrogen-bond acceptors (Lipinski definition) is 2. The number of benzene rings is 1. The average Bonchev–Trinajstić information content (AvgIpc) is 2.23. The van der Waals surface area contributed by atoms with Crippen LogP contribution in [0.3, 0.4) is 0 Å². The van der Waals surface area contributed by atoms with Crippen molar-refractivity contribution >= 4 is 31.9 Å². The maximum atomic E-state index is 9.70. The summed E-state index contributed by atoms with van der Waals surface area (Å²) in [7, 11) is 2.13. The van der Waals surface area contributed by atoms with Crippen LogP contribution < -0.4 is 0 Å². The summed E-state index contributed by atoms with van der Waals surface area (Å²) >= 11 is 6.73. The Morgan fingerprint density at radius 2 is 1.67 bits per heavy atom. The van der Waals surface area contributed by atoms with E-state index in [4.69, 9.17) is 0 Å². The highest BCUT2D eigenvalue weighted by Gasteiger charge is 2.24. The molecule has 0 spiro atoms. The summed E-state index contributed by atoms with van der Waals surface area (Å²) in [6.07, 6.45) is 0. The Kier molecular flexibility index (Phi) is 5.27. The molecule has 0 fully saturated rings. The van der Waals surface area contributed by atoms with Gasteiger partial charge in [-0.05, 0) is 68.9 Å². The third-order valence-electron chi connectivity index (χ3n) is 3.42. The highest BCUT2D eigenvalue weighted by atomic mass is 79.9. The lowest BCUT2D eigenvalue weighted by atomic mass is 9.87. The van der Waals surface area contributed by atoms with Gasteiger partial charge in [-0.1, -0.05) is 20.8 Å². The lowest BCUT2D eigenvalue weighted by Crippen LogP contribution is -2.38. The van der Waals surface area contributed by atoms with Crippen molar-refractivity contribution < 1.29 is 5.11 Å². The van der Waals surface area contributed by atoms with Crippen LogP contribution in [0.5, 0.6) is 5.75 Å². The molecule has 0 aliphatic carbocycles. The molecule has 1 N–H and O–H groups in total. The molecule has 0 saturated heterocycles. The van der Waals surface area contributed by atoms with Crippen molar-refractivity contribution in [3.63, 3.8) is 0 Å². The molecule has 1 unspecified atom stereocenters. The van der Waals surface area contributed by atoms with Crippen LogP contribution in [0.25, 0.3) is 0 Å². The van der Waals surface area contributed by atoms with E-state index in [-0.39, 0.29) is 11.2 Å². The molecule has 0 bridgehead atoms. The normalized spacial score (nSPS) is 14.0. The molecular formula is C14H21Br2NO. The number of phenols is 1. The largest absolute Gasteiger partial charge is 0.506 e. The van der Waals surface area contributed by atoms with E-state index in [2.05, 4.69) is 71.5 Å². The molecule has 1 aromatic carbocycles. The van der Waals surface area contributed by atoms with Crippen LogP contribution in [0.2, 0.25) is 0 Å². The summed E-state index contributed by atoms with van der Waals surface area (Å²) in [5.74, 6) is 0.255. The van der Waals surface area contributed by atoms with Crippen molar-refractivity contribution in [3.8, 4) is 5.75 Å². The standard InChI is InChI=1S/C14H21Br2NO/c1-9(14(2,3)4)17(5)8-10-6-11(15)13(18)12(16)7-10/h6-7,9,18H,8H2,1-5H3. The summed E-state index contributed by atoms with van der Waals surface area (Å²) in [5.41, 5.74) is 1.42. The monoisotopic (exact) mass is 377 g/mol. The summed E-state index contributed by atoms with van der Waals surface area (Å²) in [6.45, 7) is 9.84. The fourth-order valence-corrected chi connectivity index (χ4v) is 3.08. The van der Waals surface area contributed by atoms with Gasteiger partial charge in [-0.15, -0.1) is 0 Å². The first kappa shape index (κ1) is 16.0. The highest BCUT2D eigenvalue weighted by molar-refractivity contribution is 9.11. The Labute approximate surface area is 127 Å². The molecule has 0 aliphatic rings. The van der Waals surface area contributed by atoms with Gasteiger partial charge in [-0.25, -0.2) is 0 Å². The molecule has 1 aromatic rings. The Bertz CT molecular complexity index is 403. The molecule has 0 amide bonds. The van der Waals surface area contributed by atoms with Gasteiger partial charge in [0.1, 0.15) is 5.75 Å². The van der Waals surface area contributed by atoms with Gasteiger partial charge >= 0.3 is 0 Å². The number of aromatic hydroxyl groups is 1. The number of hydrogen-bond donors (Lipinski definition) is 1. The predicted octanol–water partition coefficient (Wildman–Crippen LogP) is 4.78. The average molecular weight is 379 g/mol. The van der Waals surface area contributed by atoms with Crippen molar-refractivity contribution in [2.24, 2.45) is 5.41 Å². The first-order valence-corrected chi connectivity index (χ1v) is 7.58. The number of phenolic OH excluding ortho intramolecular Hbond substituents is 1. The van der Waals surface area contributed by atoms with Crippen LogP contribution in [0, 0.1) is 5.41 Å². The van der Waals surface area contributed by atoms with E-state index in [1.54, 1.807) is 0 Å². The third kappa shape index (κ3) is 3.97. The van der Waals surface area contributed by atoms with Gasteiger partial charge in [0.2, 0.25) is 0 Å². The summed E-state index contributed by atoms with van der Waals surface area (Å²) in [6, 6.07) is 4.40. The van der Waals surface area contributed by atoms with Gasteiger partial charge in [-0.3, -0.25) is 4.90 Å². The Balaban J connectivity index is 2.86.